The van der Waals surface area contributed by atoms with Gasteiger partial charge in [0.1, 0.15) is 18.0 Å². The third kappa shape index (κ3) is 6.72. The number of hydrogen-bond acceptors (Lipinski definition) is 10. The summed E-state index contributed by atoms with van der Waals surface area (Å²) in [7, 11) is -7.16. The van der Waals surface area contributed by atoms with E-state index in [4.69, 9.17) is 10.5 Å². The van der Waals surface area contributed by atoms with Gasteiger partial charge in [0.15, 0.2) is 5.57 Å². The van der Waals surface area contributed by atoms with Crippen LogP contribution in [0.15, 0.2) is 11.4 Å². The maximum atomic E-state index is 11.0. The molecule has 0 aliphatic carbocycles. The standard InChI is InChI=1S/C12H18N4O6S2/c1-23(17,18)21-7-5-15-3-4-16(6-8-22-24(2,19)20)12(15)11(9-13)10-14/h3-8H2,1-2H3. The molecule has 0 saturated carbocycles. The first-order chi connectivity index (χ1) is 11.1. The van der Waals surface area contributed by atoms with E-state index in [2.05, 4.69) is 8.37 Å². The zero-order valence-corrected chi connectivity index (χ0v) is 14.9. The summed E-state index contributed by atoms with van der Waals surface area (Å²) in [6.07, 6.45) is 1.86. The van der Waals surface area contributed by atoms with E-state index >= 15 is 0 Å². The Morgan fingerprint density at radius 3 is 1.62 bits per heavy atom. The van der Waals surface area contributed by atoms with Crippen LogP contribution in [0.5, 0.6) is 0 Å². The second kappa shape index (κ2) is 8.30. The predicted molar refractivity (Wildman–Crippen MR) is 83.0 cm³/mol. The highest BCUT2D eigenvalue weighted by molar-refractivity contribution is 7.86. The van der Waals surface area contributed by atoms with Gasteiger partial charge in [-0.1, -0.05) is 0 Å². The highest BCUT2D eigenvalue weighted by Gasteiger charge is 2.28. The first-order valence-corrected chi connectivity index (χ1v) is 10.4. The topological polar surface area (TPSA) is 141 Å². The van der Waals surface area contributed by atoms with Crippen LogP contribution >= 0.6 is 0 Å². The average molecular weight is 378 g/mol. The fourth-order valence-corrected chi connectivity index (χ4v) is 2.88. The van der Waals surface area contributed by atoms with Gasteiger partial charge >= 0.3 is 0 Å². The molecule has 1 saturated heterocycles. The summed E-state index contributed by atoms with van der Waals surface area (Å²) in [5, 5.41) is 18.2. The van der Waals surface area contributed by atoms with E-state index in [-0.39, 0.29) is 31.9 Å². The van der Waals surface area contributed by atoms with Crippen molar-refractivity contribution in [3.63, 3.8) is 0 Å². The zero-order valence-electron chi connectivity index (χ0n) is 13.3. The van der Waals surface area contributed by atoms with Gasteiger partial charge in [-0.3, -0.25) is 8.37 Å². The van der Waals surface area contributed by atoms with E-state index in [1.54, 1.807) is 21.9 Å². The third-order valence-electron chi connectivity index (χ3n) is 3.00. The van der Waals surface area contributed by atoms with Gasteiger partial charge in [-0.2, -0.15) is 27.4 Å². The Labute approximate surface area is 141 Å². The lowest BCUT2D eigenvalue weighted by molar-refractivity contribution is 0.236. The number of nitrogens with zero attached hydrogens (tertiary/aromatic N) is 4. The Balaban J connectivity index is 2.82. The second-order valence-corrected chi connectivity index (χ2v) is 8.24. The molecule has 1 aliphatic heterocycles. The molecule has 1 rings (SSSR count). The maximum Gasteiger partial charge on any atom is 0.264 e. The lowest BCUT2D eigenvalue weighted by Gasteiger charge is -2.24. The predicted octanol–water partition coefficient (Wildman–Crippen LogP) is -1.18. The molecule has 0 aromatic rings. The molecule has 134 valence electrons. The molecule has 0 N–H and O–H groups in total. The van der Waals surface area contributed by atoms with Gasteiger partial charge in [-0.15, -0.1) is 0 Å². The normalized spacial score (nSPS) is 15.2. The highest BCUT2D eigenvalue weighted by Crippen LogP contribution is 2.21. The molecule has 10 nitrogen and oxygen atoms in total. The largest absolute Gasteiger partial charge is 0.352 e. The molecule has 0 bridgehead atoms. The monoisotopic (exact) mass is 378 g/mol. The molecule has 1 heterocycles. The third-order valence-corrected chi connectivity index (χ3v) is 4.19. The summed E-state index contributed by atoms with van der Waals surface area (Å²) in [4.78, 5) is 3.29. The van der Waals surface area contributed by atoms with E-state index < -0.39 is 20.2 Å². The van der Waals surface area contributed by atoms with Gasteiger partial charge < -0.3 is 9.80 Å². The maximum absolute atomic E-state index is 11.0. The number of hydrogen-bond donors (Lipinski definition) is 0. The van der Waals surface area contributed by atoms with Crippen molar-refractivity contribution in [3.05, 3.63) is 11.4 Å². The van der Waals surface area contributed by atoms with Crippen LogP contribution in [-0.4, -0.2) is 78.5 Å². The van der Waals surface area contributed by atoms with Crippen molar-refractivity contribution in [1.29, 1.82) is 10.5 Å². The van der Waals surface area contributed by atoms with Crippen molar-refractivity contribution in [2.45, 2.75) is 0 Å². The van der Waals surface area contributed by atoms with Crippen molar-refractivity contribution in [3.8, 4) is 12.1 Å². The van der Waals surface area contributed by atoms with Crippen LogP contribution in [0, 0.1) is 22.7 Å². The van der Waals surface area contributed by atoms with Crippen LogP contribution in [0.2, 0.25) is 0 Å². The molecule has 24 heavy (non-hydrogen) atoms. The summed E-state index contributed by atoms with van der Waals surface area (Å²) in [5.41, 5.74) is -0.147. The number of allylic oxidation sites excluding steroid dienone is 1. The Hall–Kier alpha value is -1.86. The van der Waals surface area contributed by atoms with Gasteiger partial charge in [-0.05, 0) is 0 Å². The van der Waals surface area contributed by atoms with Crippen LogP contribution in [0.4, 0.5) is 0 Å². The zero-order chi connectivity index (χ0) is 18.4. The van der Waals surface area contributed by atoms with E-state index in [0.717, 1.165) is 12.5 Å². The van der Waals surface area contributed by atoms with Crippen molar-refractivity contribution in [2.75, 3.05) is 51.9 Å². The highest BCUT2D eigenvalue weighted by atomic mass is 32.2. The van der Waals surface area contributed by atoms with Crippen molar-refractivity contribution in [2.24, 2.45) is 0 Å². The Bertz CT molecular complexity index is 711. The SMILES string of the molecule is CS(=O)(=O)OCCN1CCN(CCOS(C)(=O)=O)C1=C(C#N)C#N. The van der Waals surface area contributed by atoms with Crippen LogP contribution < -0.4 is 0 Å². The van der Waals surface area contributed by atoms with E-state index in [0.29, 0.717) is 18.9 Å². The van der Waals surface area contributed by atoms with E-state index in [9.17, 15) is 16.8 Å². The van der Waals surface area contributed by atoms with Gasteiger partial charge in [0.05, 0.1) is 25.7 Å². The van der Waals surface area contributed by atoms with E-state index in [1.807, 2.05) is 0 Å². The molecule has 0 unspecified atom stereocenters. The smallest absolute Gasteiger partial charge is 0.264 e. The fourth-order valence-electron chi connectivity index (χ4n) is 2.13. The van der Waals surface area contributed by atoms with Crippen molar-refractivity contribution >= 4 is 20.2 Å². The molecular formula is C12H18N4O6S2. The molecule has 0 atom stereocenters. The van der Waals surface area contributed by atoms with Crippen LogP contribution in [-0.2, 0) is 28.6 Å². The summed E-state index contributed by atoms with van der Waals surface area (Å²) in [5.74, 6) is 0.314. The molecule has 1 fully saturated rings. The minimum absolute atomic E-state index is 0.125. The number of rotatable bonds is 8. The summed E-state index contributed by atoms with van der Waals surface area (Å²) >= 11 is 0. The Morgan fingerprint density at radius 2 is 1.33 bits per heavy atom. The first-order valence-electron chi connectivity index (χ1n) is 6.80. The number of nitriles is 2. The summed E-state index contributed by atoms with van der Waals surface area (Å²) in [6.45, 7) is 0.958. The Kier molecular flexibility index (Phi) is 6.98. The van der Waals surface area contributed by atoms with E-state index in [1.165, 1.54) is 0 Å². The van der Waals surface area contributed by atoms with Gasteiger partial charge in [0, 0.05) is 26.2 Å². The molecule has 0 amide bonds. The lowest BCUT2D eigenvalue weighted by atomic mass is 10.3. The molecule has 0 spiro atoms. The second-order valence-electron chi connectivity index (χ2n) is 4.95. The average Bonchev–Trinajstić information content (AvgIpc) is 2.81. The van der Waals surface area contributed by atoms with Gasteiger partial charge in [0.2, 0.25) is 0 Å². The molecule has 0 aromatic carbocycles. The summed E-state index contributed by atoms with van der Waals surface area (Å²) in [6, 6.07) is 3.57. The lowest BCUT2D eigenvalue weighted by Crippen LogP contribution is -2.30. The van der Waals surface area contributed by atoms with Crippen LogP contribution in [0.3, 0.4) is 0 Å². The first kappa shape index (κ1) is 20.2. The minimum Gasteiger partial charge on any atom is -0.352 e. The molecule has 0 radical (unpaired) electrons. The van der Waals surface area contributed by atoms with Crippen LogP contribution in [0.25, 0.3) is 0 Å². The quantitative estimate of drug-likeness (QED) is 0.374. The summed E-state index contributed by atoms with van der Waals surface area (Å²) < 4.78 is 53.3. The van der Waals surface area contributed by atoms with Crippen molar-refractivity contribution in [1.82, 2.24) is 9.80 Å². The van der Waals surface area contributed by atoms with Gasteiger partial charge in [0.25, 0.3) is 20.2 Å². The molecule has 12 heteroatoms. The minimum atomic E-state index is -3.58. The molecule has 0 aromatic heterocycles. The molecular weight excluding hydrogens is 360 g/mol. The fraction of sp³-hybridized carbons (Fsp3) is 0.667. The van der Waals surface area contributed by atoms with Gasteiger partial charge in [-0.25, -0.2) is 0 Å². The van der Waals surface area contributed by atoms with Crippen molar-refractivity contribution < 1.29 is 25.2 Å². The van der Waals surface area contributed by atoms with Crippen LogP contribution in [0.1, 0.15) is 0 Å². The Morgan fingerprint density at radius 1 is 0.958 bits per heavy atom. The molecule has 1 aliphatic rings.